The number of para-hydroxylation sites is 1. The number of hydrogen-bond acceptors (Lipinski definition) is 4. The summed E-state index contributed by atoms with van der Waals surface area (Å²) in [4.78, 5) is 26.0. The first-order valence-corrected chi connectivity index (χ1v) is 9.03. The van der Waals surface area contributed by atoms with E-state index in [1.54, 1.807) is 0 Å². The zero-order valence-corrected chi connectivity index (χ0v) is 15.0. The Hall–Kier alpha value is -2.08. The molecule has 2 aliphatic heterocycles. The minimum Gasteiger partial charge on any atom is -0.493 e. The maximum atomic E-state index is 12.1. The van der Waals surface area contributed by atoms with Gasteiger partial charge in [0.2, 0.25) is 0 Å². The van der Waals surface area contributed by atoms with Crippen LogP contribution in [0.4, 0.5) is 4.79 Å². The van der Waals surface area contributed by atoms with Crippen LogP contribution < -0.4 is 15.4 Å². The number of aryl methyl sites for hydroxylation is 1. The maximum absolute atomic E-state index is 12.1. The highest BCUT2D eigenvalue weighted by atomic mass is 16.5. The molecular weight excluding hydrogens is 318 g/mol. The van der Waals surface area contributed by atoms with Crippen LogP contribution in [0.1, 0.15) is 31.7 Å². The SMILES string of the molecule is Cc1ccccc1OCCCN1CCCC(C2(C)NC(=O)NC2=O)C1. The second kappa shape index (κ2) is 7.44. The largest absolute Gasteiger partial charge is 0.493 e. The number of rotatable bonds is 6. The number of imide groups is 1. The van der Waals surface area contributed by atoms with Crippen LogP contribution in [0.5, 0.6) is 5.75 Å². The summed E-state index contributed by atoms with van der Waals surface area (Å²) < 4.78 is 5.86. The van der Waals surface area contributed by atoms with Crippen LogP contribution >= 0.6 is 0 Å². The molecule has 0 aromatic heterocycles. The lowest BCUT2D eigenvalue weighted by Gasteiger charge is -2.39. The number of piperidine rings is 1. The van der Waals surface area contributed by atoms with Gasteiger partial charge < -0.3 is 15.0 Å². The molecule has 136 valence electrons. The number of nitrogens with zero attached hydrogens (tertiary/aromatic N) is 1. The lowest BCUT2D eigenvalue weighted by atomic mass is 9.80. The number of nitrogens with one attached hydrogen (secondary N) is 2. The highest BCUT2D eigenvalue weighted by molar-refractivity contribution is 6.06. The normalized spacial score (nSPS) is 27.0. The molecule has 2 unspecified atom stereocenters. The highest BCUT2D eigenvalue weighted by Crippen LogP contribution is 2.29. The molecule has 0 radical (unpaired) electrons. The van der Waals surface area contributed by atoms with Gasteiger partial charge in [0.05, 0.1) is 6.61 Å². The molecule has 25 heavy (non-hydrogen) atoms. The summed E-state index contributed by atoms with van der Waals surface area (Å²) in [6, 6.07) is 7.66. The van der Waals surface area contributed by atoms with E-state index in [-0.39, 0.29) is 17.9 Å². The van der Waals surface area contributed by atoms with Gasteiger partial charge in [-0.05, 0) is 51.3 Å². The Morgan fingerprint density at radius 2 is 2.12 bits per heavy atom. The van der Waals surface area contributed by atoms with Crippen molar-refractivity contribution < 1.29 is 14.3 Å². The van der Waals surface area contributed by atoms with Gasteiger partial charge in [-0.25, -0.2) is 4.79 Å². The lowest BCUT2D eigenvalue weighted by molar-refractivity contribution is -0.126. The number of likely N-dealkylation sites (tertiary alicyclic amines) is 1. The van der Waals surface area contributed by atoms with Gasteiger partial charge in [0.1, 0.15) is 11.3 Å². The number of carbonyl (C=O) groups excluding carboxylic acids is 2. The Balaban J connectivity index is 1.47. The third-order valence-electron chi connectivity index (χ3n) is 5.36. The van der Waals surface area contributed by atoms with Crippen molar-refractivity contribution in [3.63, 3.8) is 0 Å². The Labute approximate surface area is 148 Å². The number of urea groups is 1. The van der Waals surface area contributed by atoms with Gasteiger partial charge >= 0.3 is 6.03 Å². The first-order chi connectivity index (χ1) is 12.0. The van der Waals surface area contributed by atoms with Crippen LogP contribution in [0.2, 0.25) is 0 Å². The molecule has 6 heteroatoms. The molecule has 2 N–H and O–H groups in total. The molecule has 1 aromatic rings. The van der Waals surface area contributed by atoms with E-state index in [9.17, 15) is 9.59 Å². The second-order valence-electron chi connectivity index (χ2n) is 7.22. The molecule has 0 spiro atoms. The fourth-order valence-electron chi connectivity index (χ4n) is 3.76. The van der Waals surface area contributed by atoms with Crippen molar-refractivity contribution in [3.8, 4) is 5.75 Å². The summed E-state index contributed by atoms with van der Waals surface area (Å²) in [7, 11) is 0. The van der Waals surface area contributed by atoms with Gasteiger partial charge in [0.15, 0.2) is 0 Å². The van der Waals surface area contributed by atoms with Crippen molar-refractivity contribution in [1.29, 1.82) is 0 Å². The minimum absolute atomic E-state index is 0.144. The van der Waals surface area contributed by atoms with E-state index < -0.39 is 5.54 Å². The molecule has 3 rings (SSSR count). The van der Waals surface area contributed by atoms with Crippen molar-refractivity contribution in [2.24, 2.45) is 5.92 Å². The van der Waals surface area contributed by atoms with Crippen LogP contribution in [0.25, 0.3) is 0 Å². The summed E-state index contributed by atoms with van der Waals surface area (Å²) in [5, 5.41) is 5.18. The van der Waals surface area contributed by atoms with E-state index in [4.69, 9.17) is 4.74 Å². The number of benzene rings is 1. The molecule has 0 aliphatic carbocycles. The highest BCUT2D eigenvalue weighted by Gasteiger charge is 2.48. The molecule has 2 atom stereocenters. The van der Waals surface area contributed by atoms with Crippen LogP contribution in [0.3, 0.4) is 0 Å². The van der Waals surface area contributed by atoms with Gasteiger partial charge in [-0.15, -0.1) is 0 Å². The summed E-state index contributed by atoms with van der Waals surface area (Å²) in [5.74, 6) is 0.883. The molecule has 2 heterocycles. The number of carbonyl (C=O) groups is 2. The van der Waals surface area contributed by atoms with Crippen molar-refractivity contribution in [3.05, 3.63) is 29.8 Å². The monoisotopic (exact) mass is 345 g/mol. The van der Waals surface area contributed by atoms with E-state index in [1.807, 2.05) is 38.1 Å². The molecule has 6 nitrogen and oxygen atoms in total. The summed E-state index contributed by atoms with van der Waals surface area (Å²) in [6.07, 6.45) is 2.94. The molecule has 2 aliphatic rings. The van der Waals surface area contributed by atoms with E-state index in [2.05, 4.69) is 15.5 Å². The molecule has 3 amide bonds. The smallest absolute Gasteiger partial charge is 0.322 e. The molecule has 2 saturated heterocycles. The fraction of sp³-hybridized carbons (Fsp3) is 0.579. The van der Waals surface area contributed by atoms with Gasteiger partial charge in [-0.2, -0.15) is 0 Å². The zero-order valence-electron chi connectivity index (χ0n) is 15.0. The quantitative estimate of drug-likeness (QED) is 0.612. The minimum atomic E-state index is -0.784. The third kappa shape index (κ3) is 3.95. The Bertz CT molecular complexity index is 649. The Morgan fingerprint density at radius 3 is 2.84 bits per heavy atom. The molecule has 0 saturated carbocycles. The zero-order chi connectivity index (χ0) is 17.9. The van der Waals surface area contributed by atoms with Crippen molar-refractivity contribution >= 4 is 11.9 Å². The van der Waals surface area contributed by atoms with Crippen LogP contribution in [0, 0.1) is 12.8 Å². The standard InChI is InChI=1S/C19H27N3O3/c1-14-7-3-4-9-16(14)25-12-6-11-22-10-5-8-15(13-22)19(2)17(23)20-18(24)21-19/h3-4,7,9,15H,5-6,8,10-13H2,1-2H3,(H2,20,21,23,24). The first kappa shape index (κ1) is 17.7. The maximum Gasteiger partial charge on any atom is 0.322 e. The number of ether oxygens (including phenoxy) is 1. The summed E-state index contributed by atoms with van der Waals surface area (Å²) >= 11 is 0. The van der Waals surface area contributed by atoms with Gasteiger partial charge in [0.25, 0.3) is 5.91 Å². The Morgan fingerprint density at radius 1 is 1.32 bits per heavy atom. The molecule has 0 bridgehead atoms. The molecule has 2 fully saturated rings. The van der Waals surface area contributed by atoms with Crippen LogP contribution in [-0.2, 0) is 4.79 Å². The van der Waals surface area contributed by atoms with Crippen LogP contribution in [-0.4, -0.2) is 48.6 Å². The van der Waals surface area contributed by atoms with Crippen LogP contribution in [0.15, 0.2) is 24.3 Å². The number of amides is 3. The van der Waals surface area contributed by atoms with Gasteiger partial charge in [-0.3, -0.25) is 10.1 Å². The topological polar surface area (TPSA) is 70.7 Å². The van der Waals surface area contributed by atoms with E-state index in [1.165, 1.54) is 0 Å². The lowest BCUT2D eigenvalue weighted by Crippen LogP contribution is -2.55. The summed E-state index contributed by atoms with van der Waals surface area (Å²) in [6.45, 7) is 7.37. The summed E-state index contributed by atoms with van der Waals surface area (Å²) in [5.41, 5.74) is 0.365. The first-order valence-electron chi connectivity index (χ1n) is 9.03. The van der Waals surface area contributed by atoms with Gasteiger partial charge in [0, 0.05) is 19.0 Å². The average Bonchev–Trinajstić information content (AvgIpc) is 2.87. The van der Waals surface area contributed by atoms with Crippen molar-refractivity contribution in [2.75, 3.05) is 26.2 Å². The third-order valence-corrected chi connectivity index (χ3v) is 5.36. The molecule has 1 aromatic carbocycles. The van der Waals surface area contributed by atoms with E-state index >= 15 is 0 Å². The van der Waals surface area contributed by atoms with Crippen molar-refractivity contribution in [1.82, 2.24) is 15.5 Å². The Kier molecular flexibility index (Phi) is 5.27. The second-order valence-corrected chi connectivity index (χ2v) is 7.22. The van der Waals surface area contributed by atoms with E-state index in [0.717, 1.165) is 50.2 Å². The van der Waals surface area contributed by atoms with Crippen molar-refractivity contribution in [2.45, 2.75) is 38.6 Å². The molecular formula is C19H27N3O3. The fourth-order valence-corrected chi connectivity index (χ4v) is 3.76. The predicted molar refractivity (Wildman–Crippen MR) is 95.5 cm³/mol. The van der Waals surface area contributed by atoms with E-state index in [0.29, 0.717) is 6.61 Å². The predicted octanol–water partition coefficient (Wildman–Crippen LogP) is 2.07. The van der Waals surface area contributed by atoms with Gasteiger partial charge in [-0.1, -0.05) is 18.2 Å². The number of hydrogen-bond donors (Lipinski definition) is 2. The average molecular weight is 345 g/mol.